The van der Waals surface area contributed by atoms with Gasteiger partial charge in [0, 0.05) is 18.8 Å². The monoisotopic (exact) mass is 426 g/mol. The fourth-order valence-electron chi connectivity index (χ4n) is 3.38. The van der Waals surface area contributed by atoms with Gasteiger partial charge < -0.3 is 19.7 Å². The third-order valence-corrected chi connectivity index (χ3v) is 4.54. The van der Waals surface area contributed by atoms with Crippen molar-refractivity contribution in [1.82, 2.24) is 0 Å². The molecule has 1 N–H and O–H groups in total. The van der Waals surface area contributed by atoms with Gasteiger partial charge in [-0.1, -0.05) is 12.1 Å². The van der Waals surface area contributed by atoms with Crippen molar-refractivity contribution in [3.8, 4) is 5.75 Å². The number of nitrogens with zero attached hydrogens (tertiary/aromatic N) is 1. The number of anilines is 2. The molecule has 1 saturated heterocycles. The highest BCUT2D eigenvalue weighted by atomic mass is 19.4. The molecule has 30 heavy (non-hydrogen) atoms. The lowest BCUT2D eigenvalue weighted by Crippen LogP contribution is -2.45. The van der Waals surface area contributed by atoms with Gasteiger partial charge in [0.25, 0.3) is 5.91 Å². The Kier molecular flexibility index (Phi) is 6.50. The predicted molar refractivity (Wildman–Crippen MR) is 104 cm³/mol. The number of hydrogen-bond donors (Lipinski definition) is 1. The smallest absolute Gasteiger partial charge is 0.419 e. The Morgan fingerprint density at radius 2 is 1.83 bits per heavy atom. The van der Waals surface area contributed by atoms with Crippen LogP contribution >= 0.6 is 0 Å². The molecule has 2 unspecified atom stereocenters. The van der Waals surface area contributed by atoms with E-state index in [4.69, 9.17) is 9.47 Å². The summed E-state index contributed by atoms with van der Waals surface area (Å²) in [4.78, 5) is 13.9. The van der Waals surface area contributed by atoms with Crippen LogP contribution in [0.2, 0.25) is 0 Å². The van der Waals surface area contributed by atoms with Crippen molar-refractivity contribution in [3.05, 3.63) is 53.8 Å². The largest absolute Gasteiger partial charge is 0.483 e. The number of rotatable bonds is 5. The van der Waals surface area contributed by atoms with E-state index in [1.807, 2.05) is 18.7 Å². The lowest BCUT2D eigenvalue weighted by atomic mass is 10.2. The molecule has 2 aromatic rings. The highest BCUT2D eigenvalue weighted by Crippen LogP contribution is 2.35. The number of ether oxygens (including phenoxy) is 2. The number of alkyl halides is 3. The quantitative estimate of drug-likeness (QED) is 0.717. The summed E-state index contributed by atoms with van der Waals surface area (Å²) in [6, 6.07) is 8.87. The zero-order valence-electron chi connectivity index (χ0n) is 16.5. The number of carbonyl (C=O) groups excluding carboxylic acids is 1. The zero-order chi connectivity index (χ0) is 21.9. The first-order chi connectivity index (χ1) is 14.1. The van der Waals surface area contributed by atoms with Crippen LogP contribution in [-0.2, 0) is 15.7 Å². The van der Waals surface area contributed by atoms with Gasteiger partial charge in [0.15, 0.2) is 6.61 Å². The van der Waals surface area contributed by atoms with E-state index in [0.717, 1.165) is 12.1 Å². The first kappa shape index (κ1) is 21.9. The summed E-state index contributed by atoms with van der Waals surface area (Å²) in [5.74, 6) is -1.66. The maximum absolute atomic E-state index is 14.6. The first-order valence-electron chi connectivity index (χ1n) is 9.42. The van der Waals surface area contributed by atoms with Gasteiger partial charge in [0.1, 0.15) is 11.6 Å². The third kappa shape index (κ3) is 5.41. The van der Waals surface area contributed by atoms with Crippen LogP contribution in [0.3, 0.4) is 0 Å². The lowest BCUT2D eigenvalue weighted by Gasteiger charge is -2.37. The molecule has 0 radical (unpaired) electrons. The normalized spacial score (nSPS) is 19.5. The number of para-hydroxylation sites is 1. The molecular weight excluding hydrogens is 404 g/mol. The maximum Gasteiger partial charge on any atom is 0.419 e. The maximum atomic E-state index is 14.6. The Hall–Kier alpha value is -2.81. The summed E-state index contributed by atoms with van der Waals surface area (Å²) in [6.45, 7) is 4.26. The highest BCUT2D eigenvalue weighted by Gasteiger charge is 2.34. The number of amides is 1. The van der Waals surface area contributed by atoms with Crippen LogP contribution in [0.15, 0.2) is 42.5 Å². The van der Waals surface area contributed by atoms with E-state index in [9.17, 15) is 22.4 Å². The van der Waals surface area contributed by atoms with E-state index in [2.05, 4.69) is 5.32 Å². The second-order valence-electron chi connectivity index (χ2n) is 7.16. The van der Waals surface area contributed by atoms with Crippen molar-refractivity contribution in [1.29, 1.82) is 0 Å². The van der Waals surface area contributed by atoms with Gasteiger partial charge in [-0.05, 0) is 44.2 Å². The molecule has 0 saturated carbocycles. The summed E-state index contributed by atoms with van der Waals surface area (Å²) >= 11 is 0. The SMILES string of the molecule is CC1CN(c2ccc(NC(=O)COc3ccccc3C(F)(F)F)cc2F)CC(C)O1. The fourth-order valence-corrected chi connectivity index (χ4v) is 3.38. The van der Waals surface area contributed by atoms with Crippen LogP contribution in [0.5, 0.6) is 5.75 Å². The number of carbonyl (C=O) groups is 1. The van der Waals surface area contributed by atoms with E-state index in [1.165, 1.54) is 24.3 Å². The van der Waals surface area contributed by atoms with Gasteiger partial charge in [0.2, 0.25) is 0 Å². The van der Waals surface area contributed by atoms with Gasteiger partial charge in [-0.25, -0.2) is 4.39 Å². The summed E-state index contributed by atoms with van der Waals surface area (Å²) in [5.41, 5.74) is -0.393. The average Bonchev–Trinajstić information content (AvgIpc) is 2.65. The van der Waals surface area contributed by atoms with Gasteiger partial charge in [0.05, 0.1) is 23.5 Å². The van der Waals surface area contributed by atoms with Gasteiger partial charge in [-0.2, -0.15) is 13.2 Å². The second-order valence-corrected chi connectivity index (χ2v) is 7.16. The van der Waals surface area contributed by atoms with Crippen molar-refractivity contribution < 1.29 is 31.8 Å². The molecule has 0 aromatic heterocycles. The van der Waals surface area contributed by atoms with Crippen LogP contribution in [0.1, 0.15) is 19.4 Å². The van der Waals surface area contributed by atoms with Crippen molar-refractivity contribution in [2.45, 2.75) is 32.2 Å². The molecule has 1 heterocycles. The van der Waals surface area contributed by atoms with Gasteiger partial charge in [-0.15, -0.1) is 0 Å². The average molecular weight is 426 g/mol. The summed E-state index contributed by atoms with van der Waals surface area (Å²) in [7, 11) is 0. The number of nitrogens with one attached hydrogen (secondary N) is 1. The summed E-state index contributed by atoms with van der Waals surface area (Å²) < 4.78 is 64.2. The number of benzene rings is 2. The predicted octanol–water partition coefficient (Wildman–Crippen LogP) is 4.48. The highest BCUT2D eigenvalue weighted by molar-refractivity contribution is 5.92. The molecule has 1 amide bonds. The van der Waals surface area contributed by atoms with Crippen LogP contribution < -0.4 is 15.0 Å². The molecule has 1 aliphatic heterocycles. The second kappa shape index (κ2) is 8.91. The Morgan fingerprint density at radius 1 is 1.17 bits per heavy atom. The Morgan fingerprint density at radius 3 is 2.47 bits per heavy atom. The molecule has 0 aliphatic carbocycles. The molecule has 9 heteroatoms. The molecule has 1 aliphatic rings. The van der Waals surface area contributed by atoms with E-state index in [1.54, 1.807) is 6.07 Å². The van der Waals surface area contributed by atoms with E-state index >= 15 is 0 Å². The minimum Gasteiger partial charge on any atom is -0.483 e. The zero-order valence-corrected chi connectivity index (χ0v) is 16.5. The molecule has 162 valence electrons. The van der Waals surface area contributed by atoms with Crippen molar-refractivity contribution in [2.24, 2.45) is 0 Å². The van der Waals surface area contributed by atoms with E-state index in [-0.39, 0.29) is 17.9 Å². The Labute approximate surface area is 171 Å². The van der Waals surface area contributed by atoms with Gasteiger partial charge >= 0.3 is 6.18 Å². The Bertz CT molecular complexity index is 894. The molecular formula is C21H22F4N2O3. The Balaban J connectivity index is 1.62. The van der Waals surface area contributed by atoms with Crippen LogP contribution in [0.25, 0.3) is 0 Å². The van der Waals surface area contributed by atoms with Crippen molar-refractivity contribution >= 4 is 17.3 Å². The standard InChI is InChI=1S/C21H22F4N2O3/c1-13-10-27(11-14(2)30-13)18-8-7-15(9-17(18)22)26-20(28)12-29-19-6-4-3-5-16(19)21(23,24)25/h3-9,13-14H,10-12H2,1-2H3,(H,26,28). The number of morpholine rings is 1. The third-order valence-electron chi connectivity index (χ3n) is 4.54. The molecule has 1 fully saturated rings. The van der Waals surface area contributed by atoms with Gasteiger partial charge in [-0.3, -0.25) is 4.79 Å². The minimum atomic E-state index is -4.60. The van der Waals surface area contributed by atoms with E-state index < -0.39 is 35.8 Å². The molecule has 5 nitrogen and oxygen atoms in total. The molecule has 0 spiro atoms. The number of halogens is 4. The summed E-state index contributed by atoms with van der Waals surface area (Å²) in [5, 5.41) is 2.43. The van der Waals surface area contributed by atoms with Crippen molar-refractivity contribution in [2.75, 3.05) is 29.9 Å². The van der Waals surface area contributed by atoms with Crippen LogP contribution in [0, 0.1) is 5.82 Å². The number of hydrogen-bond acceptors (Lipinski definition) is 4. The van der Waals surface area contributed by atoms with Crippen LogP contribution in [-0.4, -0.2) is 37.8 Å². The van der Waals surface area contributed by atoms with Crippen molar-refractivity contribution in [3.63, 3.8) is 0 Å². The molecule has 0 bridgehead atoms. The molecule has 3 rings (SSSR count). The molecule has 2 atom stereocenters. The molecule has 2 aromatic carbocycles. The minimum absolute atomic E-state index is 0.0377. The van der Waals surface area contributed by atoms with E-state index in [0.29, 0.717) is 18.8 Å². The lowest BCUT2D eigenvalue weighted by molar-refractivity contribution is -0.139. The topological polar surface area (TPSA) is 50.8 Å². The first-order valence-corrected chi connectivity index (χ1v) is 9.42. The van der Waals surface area contributed by atoms with Crippen LogP contribution in [0.4, 0.5) is 28.9 Å². The fraction of sp³-hybridized carbons (Fsp3) is 0.381. The summed E-state index contributed by atoms with van der Waals surface area (Å²) in [6.07, 6.45) is -4.67.